The van der Waals surface area contributed by atoms with E-state index in [1.165, 1.54) is 0 Å². The summed E-state index contributed by atoms with van der Waals surface area (Å²) in [5, 5.41) is 11.6. The van der Waals surface area contributed by atoms with E-state index in [0.29, 0.717) is 6.61 Å². The number of carbonyl (C=O) groups is 2. The molecule has 6 nitrogen and oxygen atoms in total. The first-order chi connectivity index (χ1) is 8.34. The van der Waals surface area contributed by atoms with Crippen molar-refractivity contribution in [3.63, 3.8) is 0 Å². The summed E-state index contributed by atoms with van der Waals surface area (Å²) in [6.07, 6.45) is 0.835. The zero-order valence-corrected chi connectivity index (χ0v) is 11.3. The number of nitrogens with zero attached hydrogens (tertiary/aromatic N) is 1. The molecule has 0 spiro atoms. The summed E-state index contributed by atoms with van der Waals surface area (Å²) in [5.41, 5.74) is 0. The fraction of sp³-hybridized carbons (Fsp3) is 0.833. The summed E-state index contributed by atoms with van der Waals surface area (Å²) in [5.74, 6) is -1.53. The second-order valence-corrected chi connectivity index (χ2v) is 4.91. The third-order valence-electron chi connectivity index (χ3n) is 3.64. The second kappa shape index (κ2) is 6.04. The molecule has 4 atom stereocenters. The van der Waals surface area contributed by atoms with Gasteiger partial charge in [0, 0.05) is 19.7 Å². The summed E-state index contributed by atoms with van der Waals surface area (Å²) in [6.45, 7) is 5.86. The number of aliphatic carboxylic acids is 1. The molecule has 0 aromatic rings. The molecule has 0 aromatic heterocycles. The van der Waals surface area contributed by atoms with Crippen LogP contribution in [-0.4, -0.2) is 53.8 Å². The van der Waals surface area contributed by atoms with Gasteiger partial charge in [-0.25, -0.2) is 4.79 Å². The second-order valence-electron chi connectivity index (χ2n) is 4.91. The summed E-state index contributed by atoms with van der Waals surface area (Å²) >= 11 is 0. The lowest BCUT2D eigenvalue weighted by atomic mass is 10.0. The zero-order valence-electron chi connectivity index (χ0n) is 11.3. The van der Waals surface area contributed by atoms with Crippen LogP contribution < -0.4 is 5.32 Å². The van der Waals surface area contributed by atoms with Gasteiger partial charge in [0.05, 0.1) is 18.1 Å². The van der Waals surface area contributed by atoms with Crippen LogP contribution in [0.2, 0.25) is 0 Å². The van der Waals surface area contributed by atoms with Gasteiger partial charge in [0.2, 0.25) is 0 Å². The molecule has 4 unspecified atom stereocenters. The van der Waals surface area contributed by atoms with Crippen molar-refractivity contribution in [2.75, 3.05) is 13.7 Å². The topological polar surface area (TPSA) is 78.9 Å². The Morgan fingerprint density at radius 2 is 2.06 bits per heavy atom. The quantitative estimate of drug-likeness (QED) is 0.785. The molecule has 0 saturated carbocycles. The Hall–Kier alpha value is -1.30. The van der Waals surface area contributed by atoms with Gasteiger partial charge in [0.25, 0.3) is 0 Å². The largest absolute Gasteiger partial charge is 0.481 e. The van der Waals surface area contributed by atoms with Crippen LogP contribution in [-0.2, 0) is 9.53 Å². The zero-order chi connectivity index (χ0) is 13.9. The lowest BCUT2D eigenvalue weighted by Gasteiger charge is -2.29. The molecule has 0 radical (unpaired) electrons. The molecule has 18 heavy (non-hydrogen) atoms. The SMILES string of the molecule is CC(NC(=O)N(C)C1CCOC1C)C(C)C(=O)O. The predicted molar refractivity (Wildman–Crippen MR) is 66.4 cm³/mol. The molecule has 1 rings (SSSR count). The van der Waals surface area contributed by atoms with E-state index in [2.05, 4.69) is 5.32 Å². The van der Waals surface area contributed by atoms with Crippen LogP contribution in [0.4, 0.5) is 4.79 Å². The van der Waals surface area contributed by atoms with Crippen LogP contribution in [0.1, 0.15) is 27.2 Å². The Bertz CT molecular complexity index is 321. The smallest absolute Gasteiger partial charge is 0.317 e. The number of amides is 2. The Morgan fingerprint density at radius 1 is 1.44 bits per heavy atom. The van der Waals surface area contributed by atoms with Crippen LogP contribution in [0, 0.1) is 5.92 Å². The van der Waals surface area contributed by atoms with E-state index in [4.69, 9.17) is 9.84 Å². The third-order valence-corrected chi connectivity index (χ3v) is 3.64. The first-order valence-electron chi connectivity index (χ1n) is 6.22. The molecular weight excluding hydrogens is 236 g/mol. The molecule has 2 N–H and O–H groups in total. The first kappa shape index (κ1) is 14.8. The minimum Gasteiger partial charge on any atom is -0.481 e. The minimum absolute atomic E-state index is 0.0213. The minimum atomic E-state index is -0.914. The van der Waals surface area contributed by atoms with E-state index in [1.54, 1.807) is 25.8 Å². The molecule has 6 heteroatoms. The van der Waals surface area contributed by atoms with Crippen molar-refractivity contribution in [3.05, 3.63) is 0 Å². The highest BCUT2D eigenvalue weighted by molar-refractivity contribution is 5.76. The van der Waals surface area contributed by atoms with Crippen LogP contribution in [0.3, 0.4) is 0 Å². The average Bonchev–Trinajstić information content (AvgIpc) is 2.72. The van der Waals surface area contributed by atoms with E-state index in [1.807, 2.05) is 6.92 Å². The number of likely N-dealkylation sites (N-methyl/N-ethyl adjacent to an activating group) is 1. The van der Waals surface area contributed by atoms with Gasteiger partial charge in [-0.1, -0.05) is 0 Å². The van der Waals surface area contributed by atoms with Gasteiger partial charge in [0.1, 0.15) is 0 Å². The van der Waals surface area contributed by atoms with Gasteiger partial charge >= 0.3 is 12.0 Å². The summed E-state index contributed by atoms with van der Waals surface area (Å²) in [6, 6.07) is -0.606. The Morgan fingerprint density at radius 3 is 2.50 bits per heavy atom. The molecule has 0 bridgehead atoms. The molecule has 2 amide bonds. The van der Waals surface area contributed by atoms with E-state index in [0.717, 1.165) is 6.42 Å². The molecule has 1 heterocycles. The number of hydrogen-bond donors (Lipinski definition) is 2. The van der Waals surface area contributed by atoms with Crippen molar-refractivity contribution in [1.29, 1.82) is 0 Å². The van der Waals surface area contributed by atoms with Gasteiger partial charge in [-0.2, -0.15) is 0 Å². The summed E-state index contributed by atoms with van der Waals surface area (Å²) < 4.78 is 5.41. The van der Waals surface area contributed by atoms with Crippen LogP contribution in [0.5, 0.6) is 0 Å². The van der Waals surface area contributed by atoms with Gasteiger partial charge < -0.3 is 20.1 Å². The van der Waals surface area contributed by atoms with Gasteiger partial charge in [-0.05, 0) is 27.2 Å². The molecule has 0 aliphatic carbocycles. The average molecular weight is 258 g/mol. The summed E-state index contributed by atoms with van der Waals surface area (Å²) in [7, 11) is 1.71. The number of carbonyl (C=O) groups excluding carboxylic acids is 1. The van der Waals surface area contributed by atoms with Crippen LogP contribution in [0.15, 0.2) is 0 Å². The van der Waals surface area contributed by atoms with E-state index in [9.17, 15) is 9.59 Å². The molecule has 1 aliphatic rings. The fourth-order valence-electron chi connectivity index (χ4n) is 2.02. The molecule has 0 aromatic carbocycles. The van der Waals surface area contributed by atoms with Gasteiger partial charge in [-0.3, -0.25) is 4.79 Å². The van der Waals surface area contributed by atoms with Crippen LogP contribution >= 0.6 is 0 Å². The maximum atomic E-state index is 12.0. The van der Waals surface area contributed by atoms with Gasteiger partial charge in [-0.15, -0.1) is 0 Å². The highest BCUT2D eigenvalue weighted by Gasteiger charge is 2.31. The number of ether oxygens (including phenoxy) is 1. The van der Waals surface area contributed by atoms with Crippen molar-refractivity contribution in [2.45, 2.75) is 45.4 Å². The van der Waals surface area contributed by atoms with Crippen LogP contribution in [0.25, 0.3) is 0 Å². The molecular formula is C12H22N2O4. The van der Waals surface area contributed by atoms with Crippen molar-refractivity contribution in [2.24, 2.45) is 5.92 Å². The monoisotopic (exact) mass is 258 g/mol. The first-order valence-corrected chi connectivity index (χ1v) is 6.22. The fourth-order valence-corrected chi connectivity index (χ4v) is 2.02. The number of urea groups is 1. The standard InChI is InChI=1S/C12H22N2O4/c1-7(11(15)16)8(2)13-12(17)14(4)10-5-6-18-9(10)3/h7-10H,5-6H2,1-4H3,(H,13,17)(H,15,16). The number of rotatable bonds is 4. The number of carboxylic acids is 1. The Labute approximate surface area is 107 Å². The van der Waals surface area contributed by atoms with Gasteiger partial charge in [0.15, 0.2) is 0 Å². The number of nitrogens with one attached hydrogen (secondary N) is 1. The highest BCUT2D eigenvalue weighted by atomic mass is 16.5. The van der Waals surface area contributed by atoms with Crippen molar-refractivity contribution in [1.82, 2.24) is 10.2 Å². The number of carboxylic acid groups (broad SMARTS) is 1. The Kier molecular flexibility index (Phi) is 4.95. The Balaban J connectivity index is 2.52. The molecule has 1 saturated heterocycles. The van der Waals surface area contributed by atoms with E-state index < -0.39 is 17.9 Å². The predicted octanol–water partition coefficient (Wildman–Crippen LogP) is 0.914. The van der Waals surface area contributed by atoms with Crippen molar-refractivity contribution in [3.8, 4) is 0 Å². The maximum Gasteiger partial charge on any atom is 0.317 e. The molecule has 1 aliphatic heterocycles. The number of hydrogen-bond acceptors (Lipinski definition) is 3. The highest BCUT2D eigenvalue weighted by Crippen LogP contribution is 2.18. The lowest BCUT2D eigenvalue weighted by molar-refractivity contribution is -0.141. The summed E-state index contributed by atoms with van der Waals surface area (Å²) in [4.78, 5) is 24.4. The van der Waals surface area contributed by atoms with E-state index >= 15 is 0 Å². The van der Waals surface area contributed by atoms with E-state index in [-0.39, 0.29) is 18.2 Å². The molecule has 1 fully saturated rings. The molecule has 104 valence electrons. The maximum absolute atomic E-state index is 12.0. The lowest BCUT2D eigenvalue weighted by Crippen LogP contribution is -2.50. The normalized spacial score (nSPS) is 26.4. The van der Waals surface area contributed by atoms with Crippen molar-refractivity contribution < 1.29 is 19.4 Å². The third kappa shape index (κ3) is 3.35. The van der Waals surface area contributed by atoms with Crippen molar-refractivity contribution >= 4 is 12.0 Å².